The molecule has 3 aromatic carbocycles. The first kappa shape index (κ1) is 31.5. The molecule has 0 heterocycles. The quantitative estimate of drug-likeness (QED) is 0.291. The number of benzene rings is 3. The molecule has 10 heteroatoms. The van der Waals surface area contributed by atoms with Crippen LogP contribution in [0.3, 0.4) is 0 Å². The van der Waals surface area contributed by atoms with Gasteiger partial charge in [0, 0.05) is 29.1 Å². The Morgan fingerprint density at radius 1 is 0.975 bits per heavy atom. The van der Waals surface area contributed by atoms with Crippen molar-refractivity contribution in [1.82, 2.24) is 10.2 Å². The summed E-state index contributed by atoms with van der Waals surface area (Å²) in [5.74, 6) is -0.878. The van der Waals surface area contributed by atoms with Gasteiger partial charge in [-0.3, -0.25) is 13.9 Å². The van der Waals surface area contributed by atoms with Crippen LogP contribution in [0.5, 0.6) is 0 Å². The molecule has 0 fully saturated rings. The van der Waals surface area contributed by atoms with E-state index >= 15 is 0 Å². The summed E-state index contributed by atoms with van der Waals surface area (Å²) in [6, 6.07) is 20.2. The summed E-state index contributed by atoms with van der Waals surface area (Å²) >= 11 is 12.6. The molecule has 1 N–H and O–H groups in total. The van der Waals surface area contributed by atoms with E-state index in [-0.39, 0.29) is 24.9 Å². The lowest BCUT2D eigenvalue weighted by Gasteiger charge is -2.34. The van der Waals surface area contributed by atoms with E-state index in [1.165, 1.54) is 4.90 Å². The lowest BCUT2D eigenvalue weighted by Crippen LogP contribution is -2.54. The molecule has 0 aliphatic heterocycles. The van der Waals surface area contributed by atoms with E-state index in [2.05, 4.69) is 5.32 Å². The van der Waals surface area contributed by atoms with Gasteiger partial charge in [-0.25, -0.2) is 8.42 Å². The molecular weight excluding hydrogens is 569 g/mol. The SMILES string of the molecule is CC[C@H](C)NC(=O)[C@@H](Cc1ccccc1)N(Cc1ccc(Cl)cc1Cl)C(=O)CN(c1cccc(C)c1)S(C)(=O)=O. The maximum atomic E-state index is 14.1. The van der Waals surface area contributed by atoms with Crippen molar-refractivity contribution < 1.29 is 18.0 Å². The maximum absolute atomic E-state index is 14.1. The largest absolute Gasteiger partial charge is 0.352 e. The third-order valence-electron chi connectivity index (χ3n) is 6.60. The molecule has 2 atom stereocenters. The fourth-order valence-corrected chi connectivity index (χ4v) is 5.54. The number of hydrogen-bond acceptors (Lipinski definition) is 4. The first-order valence-corrected chi connectivity index (χ1v) is 15.6. The molecule has 3 rings (SSSR count). The number of nitrogens with zero attached hydrogens (tertiary/aromatic N) is 2. The van der Waals surface area contributed by atoms with Gasteiger partial charge in [0.25, 0.3) is 0 Å². The van der Waals surface area contributed by atoms with Gasteiger partial charge in [0.2, 0.25) is 21.8 Å². The van der Waals surface area contributed by atoms with Crippen molar-refractivity contribution >= 4 is 50.7 Å². The molecule has 2 amide bonds. The number of rotatable bonds is 12. The second-order valence-corrected chi connectivity index (χ2v) is 12.6. The van der Waals surface area contributed by atoms with Crippen LogP contribution in [0, 0.1) is 6.92 Å². The van der Waals surface area contributed by atoms with Crippen molar-refractivity contribution in [3.05, 3.63) is 99.5 Å². The Bertz CT molecular complexity index is 1430. The van der Waals surface area contributed by atoms with E-state index < -0.39 is 28.5 Å². The van der Waals surface area contributed by atoms with Gasteiger partial charge in [0.15, 0.2) is 0 Å². The average Bonchev–Trinajstić information content (AvgIpc) is 2.90. The van der Waals surface area contributed by atoms with Crippen LogP contribution in [0.15, 0.2) is 72.8 Å². The van der Waals surface area contributed by atoms with Crippen molar-refractivity contribution in [2.24, 2.45) is 0 Å². The first-order chi connectivity index (χ1) is 18.9. The van der Waals surface area contributed by atoms with Crippen LogP contribution in [-0.2, 0) is 32.6 Å². The van der Waals surface area contributed by atoms with Gasteiger partial charge in [0.1, 0.15) is 12.6 Å². The Balaban J connectivity index is 2.09. The van der Waals surface area contributed by atoms with E-state index in [9.17, 15) is 18.0 Å². The van der Waals surface area contributed by atoms with Crippen LogP contribution in [0.1, 0.15) is 37.0 Å². The number of nitrogens with one attached hydrogen (secondary N) is 1. The van der Waals surface area contributed by atoms with Crippen LogP contribution in [0.25, 0.3) is 0 Å². The molecule has 3 aromatic rings. The molecule has 40 heavy (non-hydrogen) atoms. The van der Waals surface area contributed by atoms with E-state index in [0.29, 0.717) is 27.7 Å². The highest BCUT2D eigenvalue weighted by Gasteiger charge is 2.33. The van der Waals surface area contributed by atoms with Gasteiger partial charge in [-0.2, -0.15) is 0 Å². The number of amides is 2. The summed E-state index contributed by atoms with van der Waals surface area (Å²) in [4.78, 5) is 29.2. The van der Waals surface area contributed by atoms with Gasteiger partial charge in [-0.05, 0) is 61.2 Å². The van der Waals surface area contributed by atoms with Crippen LogP contribution < -0.4 is 9.62 Å². The van der Waals surface area contributed by atoms with E-state index in [4.69, 9.17) is 23.2 Å². The number of anilines is 1. The molecule has 0 radical (unpaired) electrons. The van der Waals surface area contributed by atoms with Crippen LogP contribution >= 0.6 is 23.2 Å². The summed E-state index contributed by atoms with van der Waals surface area (Å²) in [6.07, 6.45) is 1.99. The predicted octanol–water partition coefficient (Wildman–Crippen LogP) is 5.62. The van der Waals surface area contributed by atoms with Gasteiger partial charge in [-0.15, -0.1) is 0 Å². The molecular formula is C30H35Cl2N3O4S. The molecule has 0 unspecified atom stereocenters. The monoisotopic (exact) mass is 603 g/mol. The predicted molar refractivity (Wildman–Crippen MR) is 162 cm³/mol. The number of hydrogen-bond donors (Lipinski definition) is 1. The zero-order valence-electron chi connectivity index (χ0n) is 23.1. The van der Waals surface area contributed by atoms with Crippen LogP contribution in [0.4, 0.5) is 5.69 Å². The molecule has 0 saturated carbocycles. The standard InChI is InChI=1S/C30H35Cl2N3O4S/c1-5-22(3)33-30(37)28(17-23-11-7-6-8-12-23)34(19-24-14-15-25(31)18-27(24)32)29(36)20-35(40(4,38)39)26-13-9-10-21(2)16-26/h6-16,18,22,28H,5,17,19-20H2,1-4H3,(H,33,37)/t22-,28+/m0/s1. The normalized spacial score (nSPS) is 12.8. The van der Waals surface area contributed by atoms with Gasteiger partial charge >= 0.3 is 0 Å². The fraction of sp³-hybridized carbons (Fsp3) is 0.333. The summed E-state index contributed by atoms with van der Waals surface area (Å²) in [5, 5.41) is 3.77. The van der Waals surface area contributed by atoms with E-state index in [0.717, 1.165) is 21.7 Å². The molecule has 0 aliphatic carbocycles. The summed E-state index contributed by atoms with van der Waals surface area (Å²) in [7, 11) is -3.84. The van der Waals surface area contributed by atoms with Crippen LogP contribution in [0.2, 0.25) is 10.0 Å². The second-order valence-electron chi connectivity index (χ2n) is 9.89. The van der Waals surface area contributed by atoms with Crippen molar-refractivity contribution in [2.45, 2.75) is 52.2 Å². The Kier molecular flexibility index (Phi) is 11.0. The molecule has 0 spiro atoms. The minimum Gasteiger partial charge on any atom is -0.352 e. The number of halogens is 2. The average molecular weight is 605 g/mol. The minimum atomic E-state index is -3.84. The first-order valence-electron chi connectivity index (χ1n) is 13.0. The summed E-state index contributed by atoms with van der Waals surface area (Å²) in [6.45, 7) is 5.18. The third-order valence-corrected chi connectivity index (χ3v) is 8.32. The second kappa shape index (κ2) is 14.0. The summed E-state index contributed by atoms with van der Waals surface area (Å²) < 4.78 is 26.8. The molecule has 7 nitrogen and oxygen atoms in total. The molecule has 0 saturated heterocycles. The number of carbonyl (C=O) groups excluding carboxylic acids is 2. The highest BCUT2D eigenvalue weighted by Crippen LogP contribution is 2.25. The van der Waals surface area contributed by atoms with Gasteiger partial charge < -0.3 is 10.2 Å². The number of carbonyl (C=O) groups is 2. The zero-order chi connectivity index (χ0) is 29.4. The number of sulfonamides is 1. The minimum absolute atomic E-state index is 0.0221. The molecule has 0 aromatic heterocycles. The van der Waals surface area contributed by atoms with E-state index in [1.54, 1.807) is 36.4 Å². The van der Waals surface area contributed by atoms with Crippen molar-refractivity contribution in [2.75, 3.05) is 17.1 Å². The van der Waals surface area contributed by atoms with Crippen LogP contribution in [-0.4, -0.2) is 50.0 Å². The Hall–Kier alpha value is -3.07. The molecule has 0 aliphatic rings. The molecule has 0 bridgehead atoms. The Morgan fingerprint density at radius 3 is 2.27 bits per heavy atom. The van der Waals surface area contributed by atoms with Crippen molar-refractivity contribution in [3.8, 4) is 0 Å². The van der Waals surface area contributed by atoms with E-state index in [1.807, 2.05) is 57.2 Å². The lowest BCUT2D eigenvalue weighted by molar-refractivity contribution is -0.140. The highest BCUT2D eigenvalue weighted by molar-refractivity contribution is 7.92. The maximum Gasteiger partial charge on any atom is 0.244 e. The third kappa shape index (κ3) is 8.71. The Labute approximate surface area is 247 Å². The van der Waals surface area contributed by atoms with Crippen molar-refractivity contribution in [1.29, 1.82) is 0 Å². The highest BCUT2D eigenvalue weighted by atomic mass is 35.5. The Morgan fingerprint density at radius 2 is 1.68 bits per heavy atom. The zero-order valence-corrected chi connectivity index (χ0v) is 25.4. The van der Waals surface area contributed by atoms with Gasteiger partial charge in [0.05, 0.1) is 11.9 Å². The topological polar surface area (TPSA) is 86.8 Å². The fourth-order valence-electron chi connectivity index (χ4n) is 4.23. The summed E-state index contributed by atoms with van der Waals surface area (Å²) in [5.41, 5.74) is 2.64. The molecule has 214 valence electrons. The van der Waals surface area contributed by atoms with Crippen molar-refractivity contribution in [3.63, 3.8) is 0 Å². The number of aryl methyl sites for hydroxylation is 1. The lowest BCUT2D eigenvalue weighted by atomic mass is 10.0. The smallest absolute Gasteiger partial charge is 0.244 e. The van der Waals surface area contributed by atoms with Gasteiger partial charge in [-0.1, -0.05) is 78.7 Å².